The number of hydrogen-bond acceptors (Lipinski definition) is 4. The van der Waals surface area contributed by atoms with Gasteiger partial charge in [-0.3, -0.25) is 0 Å². The molecule has 1 atom stereocenters. The zero-order valence-corrected chi connectivity index (χ0v) is 10.3. The molecule has 1 aromatic rings. The summed E-state index contributed by atoms with van der Waals surface area (Å²) in [6.45, 7) is 1.79. The third-order valence-corrected chi connectivity index (χ3v) is 3.29. The molecular weight excluding hydrogens is 216 g/mol. The quantitative estimate of drug-likeness (QED) is 0.859. The van der Waals surface area contributed by atoms with Gasteiger partial charge in [-0.15, -0.1) is 0 Å². The van der Waals surface area contributed by atoms with E-state index in [1.807, 2.05) is 12.1 Å². The van der Waals surface area contributed by atoms with Crippen molar-refractivity contribution in [2.24, 2.45) is 0 Å². The Kier molecular flexibility index (Phi) is 4.34. The minimum Gasteiger partial charge on any atom is -0.476 e. The predicted molar refractivity (Wildman–Crippen MR) is 65.9 cm³/mol. The van der Waals surface area contributed by atoms with Gasteiger partial charge in [0.15, 0.2) is 0 Å². The van der Waals surface area contributed by atoms with Crippen molar-refractivity contribution in [3.05, 3.63) is 23.9 Å². The topological polar surface area (TPSA) is 45.6 Å². The normalized spacial score (nSPS) is 21.4. The van der Waals surface area contributed by atoms with Crippen molar-refractivity contribution >= 4 is 0 Å². The van der Waals surface area contributed by atoms with Crippen molar-refractivity contribution in [1.29, 1.82) is 0 Å². The maximum atomic E-state index is 8.99. The van der Waals surface area contributed by atoms with Gasteiger partial charge < -0.3 is 14.7 Å². The number of hydrogen-bond donors (Lipinski definition) is 1. The van der Waals surface area contributed by atoms with Crippen LogP contribution in [0.2, 0.25) is 0 Å². The molecule has 1 aliphatic rings. The van der Waals surface area contributed by atoms with Crippen LogP contribution in [0.3, 0.4) is 0 Å². The van der Waals surface area contributed by atoms with Crippen LogP contribution in [0.5, 0.6) is 5.88 Å². The van der Waals surface area contributed by atoms with Crippen molar-refractivity contribution < 1.29 is 9.84 Å². The highest BCUT2D eigenvalue weighted by Gasteiger charge is 2.19. The van der Waals surface area contributed by atoms with Crippen LogP contribution in [0.4, 0.5) is 0 Å². The summed E-state index contributed by atoms with van der Waals surface area (Å²) in [7, 11) is 2.14. The number of likely N-dealkylation sites (N-methyl/N-ethyl adjacent to an activating group) is 1. The lowest BCUT2D eigenvalue weighted by Crippen LogP contribution is -2.40. The van der Waals surface area contributed by atoms with Gasteiger partial charge in [0.25, 0.3) is 0 Å². The molecule has 1 N–H and O–H groups in total. The molecule has 2 rings (SSSR count). The van der Waals surface area contributed by atoms with Gasteiger partial charge in [0.2, 0.25) is 5.88 Å². The molecule has 0 saturated carbocycles. The van der Waals surface area contributed by atoms with E-state index in [0.717, 1.165) is 6.54 Å². The van der Waals surface area contributed by atoms with E-state index in [4.69, 9.17) is 9.84 Å². The van der Waals surface area contributed by atoms with Gasteiger partial charge in [-0.1, -0.05) is 12.5 Å². The Hall–Kier alpha value is -1.13. The molecule has 1 aromatic heterocycles. The van der Waals surface area contributed by atoms with Gasteiger partial charge in [0.05, 0.1) is 12.3 Å². The fourth-order valence-corrected chi connectivity index (χ4v) is 2.16. The van der Waals surface area contributed by atoms with Crippen LogP contribution >= 0.6 is 0 Å². The first-order valence-corrected chi connectivity index (χ1v) is 6.19. The summed E-state index contributed by atoms with van der Waals surface area (Å²) in [5, 5.41) is 8.99. The van der Waals surface area contributed by atoms with E-state index in [2.05, 4.69) is 16.9 Å². The highest BCUT2D eigenvalue weighted by atomic mass is 16.5. The number of aliphatic hydroxyl groups excluding tert-OH is 1. The van der Waals surface area contributed by atoms with Crippen molar-refractivity contribution in [3.8, 4) is 5.88 Å². The molecule has 17 heavy (non-hydrogen) atoms. The highest BCUT2D eigenvalue weighted by molar-refractivity contribution is 5.15. The van der Waals surface area contributed by atoms with Gasteiger partial charge in [0.1, 0.15) is 6.61 Å². The van der Waals surface area contributed by atoms with Crippen LogP contribution < -0.4 is 4.74 Å². The molecule has 1 saturated heterocycles. The molecule has 0 amide bonds. The minimum atomic E-state index is -0.0411. The van der Waals surface area contributed by atoms with E-state index in [0.29, 0.717) is 24.2 Å². The van der Waals surface area contributed by atoms with Crippen molar-refractivity contribution in [3.63, 3.8) is 0 Å². The van der Waals surface area contributed by atoms with E-state index in [-0.39, 0.29) is 6.61 Å². The molecule has 0 aromatic carbocycles. The molecule has 0 bridgehead atoms. The van der Waals surface area contributed by atoms with Gasteiger partial charge in [-0.05, 0) is 32.5 Å². The number of rotatable bonds is 4. The predicted octanol–water partition coefficient (Wildman–Crippen LogP) is 1.44. The largest absolute Gasteiger partial charge is 0.476 e. The third kappa shape index (κ3) is 3.41. The first-order chi connectivity index (χ1) is 8.29. The summed E-state index contributed by atoms with van der Waals surface area (Å²) in [4.78, 5) is 6.56. The summed E-state index contributed by atoms with van der Waals surface area (Å²) in [5.74, 6) is 0.607. The number of ether oxygens (including phenoxy) is 1. The number of aliphatic hydroxyl groups is 1. The summed E-state index contributed by atoms with van der Waals surface area (Å²) in [5.41, 5.74) is 0.652. The Labute approximate surface area is 102 Å². The van der Waals surface area contributed by atoms with E-state index >= 15 is 0 Å². The molecule has 0 aliphatic carbocycles. The van der Waals surface area contributed by atoms with Crippen molar-refractivity contribution in [2.75, 3.05) is 20.2 Å². The molecular formula is C13H20N2O2. The van der Waals surface area contributed by atoms with Crippen LogP contribution in [0, 0.1) is 0 Å². The lowest BCUT2D eigenvalue weighted by molar-refractivity contribution is 0.122. The summed E-state index contributed by atoms with van der Waals surface area (Å²) >= 11 is 0. The Morgan fingerprint density at radius 1 is 1.47 bits per heavy atom. The fraction of sp³-hybridized carbons (Fsp3) is 0.615. The lowest BCUT2D eigenvalue weighted by atomic mass is 10.0. The lowest BCUT2D eigenvalue weighted by Gasteiger charge is -2.31. The number of pyridine rings is 1. The van der Waals surface area contributed by atoms with Crippen LogP contribution in [0.25, 0.3) is 0 Å². The Morgan fingerprint density at radius 2 is 2.35 bits per heavy atom. The van der Waals surface area contributed by atoms with E-state index in [1.54, 1.807) is 6.07 Å². The zero-order valence-electron chi connectivity index (χ0n) is 10.3. The Morgan fingerprint density at radius 3 is 3.12 bits per heavy atom. The second kappa shape index (κ2) is 5.98. The van der Waals surface area contributed by atoms with E-state index in [1.165, 1.54) is 19.3 Å². The van der Waals surface area contributed by atoms with Crippen LogP contribution in [-0.4, -0.2) is 41.2 Å². The first-order valence-electron chi connectivity index (χ1n) is 6.19. The van der Waals surface area contributed by atoms with E-state index < -0.39 is 0 Å². The fourth-order valence-electron chi connectivity index (χ4n) is 2.16. The molecule has 2 heterocycles. The van der Waals surface area contributed by atoms with Gasteiger partial charge in [-0.2, -0.15) is 0 Å². The molecule has 94 valence electrons. The smallest absolute Gasteiger partial charge is 0.213 e. The third-order valence-electron chi connectivity index (χ3n) is 3.29. The zero-order chi connectivity index (χ0) is 12.1. The molecule has 1 fully saturated rings. The Bertz CT molecular complexity index is 357. The molecule has 1 aliphatic heterocycles. The molecule has 4 nitrogen and oxygen atoms in total. The second-order valence-electron chi connectivity index (χ2n) is 4.57. The standard InChI is InChI=1S/C13H20N2O2/c1-15-8-3-2-6-12(15)10-17-13-7-4-5-11(9-16)14-13/h4-5,7,12,16H,2-3,6,8-10H2,1H3. The molecule has 0 radical (unpaired) electrons. The molecule has 4 heteroatoms. The number of piperidine rings is 1. The molecule has 1 unspecified atom stereocenters. The van der Waals surface area contributed by atoms with Crippen LogP contribution in [0.1, 0.15) is 25.0 Å². The number of likely N-dealkylation sites (tertiary alicyclic amines) is 1. The maximum absolute atomic E-state index is 8.99. The summed E-state index contributed by atoms with van der Waals surface area (Å²) in [6, 6.07) is 5.98. The number of aromatic nitrogens is 1. The van der Waals surface area contributed by atoms with Gasteiger partial charge >= 0.3 is 0 Å². The number of nitrogens with zero attached hydrogens (tertiary/aromatic N) is 2. The maximum Gasteiger partial charge on any atom is 0.213 e. The summed E-state index contributed by atoms with van der Waals surface area (Å²) in [6.07, 6.45) is 3.75. The van der Waals surface area contributed by atoms with E-state index in [9.17, 15) is 0 Å². The first kappa shape index (κ1) is 12.3. The Balaban J connectivity index is 1.88. The van der Waals surface area contributed by atoms with Crippen molar-refractivity contribution in [1.82, 2.24) is 9.88 Å². The second-order valence-corrected chi connectivity index (χ2v) is 4.57. The van der Waals surface area contributed by atoms with Crippen molar-refractivity contribution in [2.45, 2.75) is 31.9 Å². The minimum absolute atomic E-state index is 0.0411. The SMILES string of the molecule is CN1CCCCC1COc1cccc(CO)n1. The highest BCUT2D eigenvalue weighted by Crippen LogP contribution is 2.16. The average Bonchev–Trinajstić information content (AvgIpc) is 2.38. The monoisotopic (exact) mass is 236 g/mol. The average molecular weight is 236 g/mol. The van der Waals surface area contributed by atoms with Gasteiger partial charge in [-0.25, -0.2) is 4.98 Å². The van der Waals surface area contributed by atoms with Gasteiger partial charge in [0, 0.05) is 12.1 Å². The molecule has 0 spiro atoms. The summed E-state index contributed by atoms with van der Waals surface area (Å²) < 4.78 is 5.69. The van der Waals surface area contributed by atoms with Crippen LogP contribution in [-0.2, 0) is 6.61 Å². The van der Waals surface area contributed by atoms with Crippen LogP contribution in [0.15, 0.2) is 18.2 Å².